The van der Waals surface area contributed by atoms with Crippen molar-refractivity contribution >= 4 is 6.03 Å². The molecule has 4 nitrogen and oxygen atoms in total. The molecule has 1 aliphatic rings. The third-order valence-electron chi connectivity index (χ3n) is 4.01. The Hall–Kier alpha value is -1.55. The predicted octanol–water partition coefficient (Wildman–Crippen LogP) is 3.30. The summed E-state index contributed by atoms with van der Waals surface area (Å²) in [6, 6.07) is 10.1. The largest absolute Gasteiger partial charge is 0.389 e. The quantitative estimate of drug-likeness (QED) is 0.877. The fourth-order valence-electron chi connectivity index (χ4n) is 2.98. The van der Waals surface area contributed by atoms with Crippen molar-refractivity contribution in [3.63, 3.8) is 0 Å². The maximum Gasteiger partial charge on any atom is 0.318 e. The Morgan fingerprint density at radius 3 is 2.45 bits per heavy atom. The van der Waals surface area contributed by atoms with Crippen molar-refractivity contribution < 1.29 is 9.90 Å². The first-order chi connectivity index (χ1) is 10.4. The van der Waals surface area contributed by atoms with Crippen LogP contribution in [0.2, 0.25) is 0 Å². The molecule has 1 fully saturated rings. The molecule has 4 heteroatoms. The minimum absolute atomic E-state index is 0.0714. The standard InChI is InChI=1S/C18H28N2O2/c1-18(2,22)14-20(13-15-9-5-3-6-10-15)17(21)19-16-11-7-4-8-12-16/h3,5-6,9-10,16,22H,4,7-8,11-14H2,1-2H3,(H,19,21). The van der Waals surface area contributed by atoms with Crippen molar-refractivity contribution in [3.8, 4) is 0 Å². The Balaban J connectivity index is 2.00. The lowest BCUT2D eigenvalue weighted by molar-refractivity contribution is 0.0439. The SMILES string of the molecule is CC(C)(O)CN(Cc1ccccc1)C(=O)NC1CCCCC1. The minimum atomic E-state index is -0.904. The van der Waals surface area contributed by atoms with Crippen molar-refractivity contribution in [1.82, 2.24) is 10.2 Å². The number of hydrogen-bond acceptors (Lipinski definition) is 2. The Bertz CT molecular complexity index is 462. The molecule has 22 heavy (non-hydrogen) atoms. The van der Waals surface area contributed by atoms with Gasteiger partial charge < -0.3 is 15.3 Å². The molecule has 1 aromatic rings. The molecule has 0 aliphatic heterocycles. The van der Waals surface area contributed by atoms with Crippen LogP contribution in [0, 0.1) is 0 Å². The molecular weight excluding hydrogens is 276 g/mol. The number of urea groups is 1. The number of nitrogens with zero attached hydrogens (tertiary/aromatic N) is 1. The molecule has 0 radical (unpaired) electrons. The summed E-state index contributed by atoms with van der Waals surface area (Å²) in [5.74, 6) is 0. The van der Waals surface area contributed by atoms with E-state index >= 15 is 0 Å². The predicted molar refractivity (Wildman–Crippen MR) is 88.6 cm³/mol. The van der Waals surface area contributed by atoms with Crippen LogP contribution in [0.5, 0.6) is 0 Å². The second kappa shape index (κ2) is 7.63. The third-order valence-corrected chi connectivity index (χ3v) is 4.01. The van der Waals surface area contributed by atoms with Gasteiger partial charge in [0.15, 0.2) is 0 Å². The fourth-order valence-corrected chi connectivity index (χ4v) is 2.98. The van der Waals surface area contributed by atoms with E-state index in [0.717, 1.165) is 18.4 Å². The second-order valence-electron chi connectivity index (χ2n) is 6.94. The molecule has 0 unspecified atom stereocenters. The van der Waals surface area contributed by atoms with E-state index in [1.807, 2.05) is 30.3 Å². The van der Waals surface area contributed by atoms with Crippen LogP contribution in [0.15, 0.2) is 30.3 Å². The number of hydrogen-bond donors (Lipinski definition) is 2. The molecule has 1 saturated carbocycles. The number of benzene rings is 1. The van der Waals surface area contributed by atoms with Crippen molar-refractivity contribution in [2.45, 2.75) is 64.1 Å². The first-order valence-electron chi connectivity index (χ1n) is 8.26. The van der Waals surface area contributed by atoms with Gasteiger partial charge in [-0.2, -0.15) is 0 Å². The summed E-state index contributed by atoms with van der Waals surface area (Å²) in [6.07, 6.45) is 5.77. The number of carbonyl (C=O) groups excluding carboxylic acids is 1. The van der Waals surface area contributed by atoms with Crippen LogP contribution >= 0.6 is 0 Å². The third kappa shape index (κ3) is 5.68. The normalized spacial score (nSPS) is 16.3. The summed E-state index contributed by atoms with van der Waals surface area (Å²) in [7, 11) is 0. The maximum atomic E-state index is 12.6. The molecule has 0 atom stereocenters. The van der Waals surface area contributed by atoms with Gasteiger partial charge in [-0.25, -0.2) is 4.79 Å². The van der Waals surface area contributed by atoms with Crippen LogP contribution in [-0.4, -0.2) is 34.2 Å². The van der Waals surface area contributed by atoms with E-state index in [2.05, 4.69) is 5.32 Å². The maximum absolute atomic E-state index is 12.6. The van der Waals surface area contributed by atoms with Gasteiger partial charge in [0.1, 0.15) is 0 Å². The smallest absolute Gasteiger partial charge is 0.318 e. The van der Waals surface area contributed by atoms with E-state index in [0.29, 0.717) is 13.1 Å². The highest BCUT2D eigenvalue weighted by Gasteiger charge is 2.25. The van der Waals surface area contributed by atoms with Gasteiger partial charge in [-0.1, -0.05) is 49.6 Å². The highest BCUT2D eigenvalue weighted by Crippen LogP contribution is 2.18. The summed E-state index contributed by atoms with van der Waals surface area (Å²) in [6.45, 7) is 4.31. The minimum Gasteiger partial charge on any atom is -0.389 e. The molecule has 0 heterocycles. The van der Waals surface area contributed by atoms with E-state index in [1.165, 1.54) is 19.3 Å². The summed E-state index contributed by atoms with van der Waals surface area (Å²) in [4.78, 5) is 14.3. The Kier molecular flexibility index (Phi) is 5.83. The molecular formula is C18H28N2O2. The van der Waals surface area contributed by atoms with Gasteiger partial charge in [0.05, 0.1) is 12.1 Å². The van der Waals surface area contributed by atoms with Gasteiger partial charge in [0, 0.05) is 12.6 Å². The van der Waals surface area contributed by atoms with Crippen molar-refractivity contribution in [1.29, 1.82) is 0 Å². The van der Waals surface area contributed by atoms with Gasteiger partial charge in [-0.15, -0.1) is 0 Å². The van der Waals surface area contributed by atoms with Crippen molar-refractivity contribution in [2.24, 2.45) is 0 Å². The average Bonchev–Trinajstić information content (AvgIpc) is 2.47. The van der Waals surface area contributed by atoms with E-state index in [9.17, 15) is 9.90 Å². The van der Waals surface area contributed by atoms with Crippen LogP contribution in [0.4, 0.5) is 4.79 Å². The van der Waals surface area contributed by atoms with E-state index in [4.69, 9.17) is 0 Å². The highest BCUT2D eigenvalue weighted by molar-refractivity contribution is 5.74. The Morgan fingerprint density at radius 2 is 1.86 bits per heavy atom. The summed E-state index contributed by atoms with van der Waals surface area (Å²) in [5.41, 5.74) is 0.170. The number of rotatable bonds is 5. The Morgan fingerprint density at radius 1 is 1.23 bits per heavy atom. The van der Waals surface area contributed by atoms with Gasteiger partial charge in [0.2, 0.25) is 0 Å². The Labute approximate surface area is 133 Å². The lowest BCUT2D eigenvalue weighted by Gasteiger charge is -2.32. The van der Waals surface area contributed by atoms with Crippen molar-refractivity contribution in [3.05, 3.63) is 35.9 Å². The fraction of sp³-hybridized carbons (Fsp3) is 0.611. The molecule has 0 spiro atoms. The molecule has 0 saturated heterocycles. The van der Waals surface area contributed by atoms with Gasteiger partial charge in [0.25, 0.3) is 0 Å². The molecule has 122 valence electrons. The molecule has 1 aromatic carbocycles. The molecule has 2 N–H and O–H groups in total. The second-order valence-corrected chi connectivity index (χ2v) is 6.94. The van der Waals surface area contributed by atoms with Gasteiger partial charge in [-0.3, -0.25) is 0 Å². The number of carbonyl (C=O) groups is 1. The zero-order valence-corrected chi connectivity index (χ0v) is 13.7. The van der Waals surface area contributed by atoms with Crippen LogP contribution in [-0.2, 0) is 6.54 Å². The monoisotopic (exact) mass is 304 g/mol. The van der Waals surface area contributed by atoms with E-state index in [1.54, 1.807) is 18.7 Å². The van der Waals surface area contributed by atoms with Crippen molar-refractivity contribution in [2.75, 3.05) is 6.54 Å². The van der Waals surface area contributed by atoms with Gasteiger partial charge >= 0.3 is 6.03 Å². The van der Waals surface area contributed by atoms with E-state index in [-0.39, 0.29) is 12.1 Å². The number of amides is 2. The summed E-state index contributed by atoms with van der Waals surface area (Å²) < 4.78 is 0. The first kappa shape index (κ1) is 16.8. The highest BCUT2D eigenvalue weighted by atomic mass is 16.3. The number of aliphatic hydroxyl groups is 1. The summed E-state index contributed by atoms with van der Waals surface area (Å²) in [5, 5.41) is 13.2. The molecule has 0 bridgehead atoms. The zero-order valence-electron chi connectivity index (χ0n) is 13.7. The van der Waals surface area contributed by atoms with Crippen LogP contribution in [0.25, 0.3) is 0 Å². The van der Waals surface area contributed by atoms with Crippen LogP contribution in [0.3, 0.4) is 0 Å². The summed E-state index contributed by atoms with van der Waals surface area (Å²) >= 11 is 0. The van der Waals surface area contributed by atoms with E-state index < -0.39 is 5.60 Å². The molecule has 0 aromatic heterocycles. The first-order valence-corrected chi connectivity index (χ1v) is 8.26. The van der Waals surface area contributed by atoms with Crippen LogP contribution < -0.4 is 5.32 Å². The lowest BCUT2D eigenvalue weighted by Crippen LogP contribution is -2.49. The average molecular weight is 304 g/mol. The topological polar surface area (TPSA) is 52.6 Å². The molecule has 1 aliphatic carbocycles. The zero-order chi connectivity index (χ0) is 16.0. The molecule has 2 rings (SSSR count). The van der Waals surface area contributed by atoms with Crippen LogP contribution in [0.1, 0.15) is 51.5 Å². The molecule has 2 amide bonds. The van der Waals surface area contributed by atoms with Gasteiger partial charge in [-0.05, 0) is 32.3 Å². The number of nitrogens with one attached hydrogen (secondary N) is 1. The lowest BCUT2D eigenvalue weighted by atomic mass is 9.96.